The highest BCUT2D eigenvalue weighted by molar-refractivity contribution is 6.05. The molecule has 0 radical (unpaired) electrons. The zero-order valence-electron chi connectivity index (χ0n) is 11.3. The van der Waals surface area contributed by atoms with E-state index in [9.17, 15) is 9.59 Å². The van der Waals surface area contributed by atoms with E-state index in [1.165, 1.54) is 4.57 Å². The van der Waals surface area contributed by atoms with Crippen LogP contribution >= 0.6 is 0 Å². The summed E-state index contributed by atoms with van der Waals surface area (Å²) in [5.41, 5.74) is -0.410. The van der Waals surface area contributed by atoms with Crippen LogP contribution in [0.25, 0.3) is 21.5 Å². The average molecular weight is 265 g/mol. The summed E-state index contributed by atoms with van der Waals surface area (Å²) in [7, 11) is 0. The van der Waals surface area contributed by atoms with Crippen LogP contribution in [-0.4, -0.2) is 4.57 Å². The van der Waals surface area contributed by atoms with Crippen LogP contribution in [0.4, 0.5) is 0 Å². The number of rotatable bonds is 2. The van der Waals surface area contributed by atoms with Crippen molar-refractivity contribution in [2.24, 2.45) is 0 Å². The molecule has 0 saturated carbocycles. The van der Waals surface area contributed by atoms with Crippen LogP contribution in [0.5, 0.6) is 0 Å². The van der Waals surface area contributed by atoms with Gasteiger partial charge in [0, 0.05) is 17.3 Å². The van der Waals surface area contributed by atoms with Crippen molar-refractivity contribution in [3.05, 3.63) is 69.2 Å². The summed E-state index contributed by atoms with van der Waals surface area (Å²) in [5, 5.41) is 2.86. The lowest BCUT2D eigenvalue weighted by atomic mass is 10.1. The molecule has 3 heteroatoms. The van der Waals surface area contributed by atoms with E-state index in [0.717, 1.165) is 17.2 Å². The molecule has 0 aliphatic heterocycles. The van der Waals surface area contributed by atoms with Gasteiger partial charge < -0.3 is 0 Å². The Labute approximate surface area is 116 Å². The van der Waals surface area contributed by atoms with Crippen LogP contribution in [0.2, 0.25) is 0 Å². The Bertz CT molecular complexity index is 837. The van der Waals surface area contributed by atoms with Crippen molar-refractivity contribution in [3.63, 3.8) is 0 Å². The third kappa shape index (κ3) is 1.83. The smallest absolute Gasteiger partial charge is 0.261 e. The maximum Gasteiger partial charge on any atom is 0.261 e. The number of aromatic nitrogens is 1. The predicted octanol–water partition coefficient (Wildman–Crippen LogP) is 2.92. The predicted molar refractivity (Wildman–Crippen MR) is 82.3 cm³/mol. The van der Waals surface area contributed by atoms with Gasteiger partial charge in [0.05, 0.1) is 0 Å². The molecule has 20 heavy (non-hydrogen) atoms. The lowest BCUT2D eigenvalue weighted by Gasteiger charge is -1.98. The van der Waals surface area contributed by atoms with E-state index in [1.54, 1.807) is 12.1 Å². The third-order valence-corrected chi connectivity index (χ3v) is 3.54. The Balaban J connectivity index is 2.71. The van der Waals surface area contributed by atoms with Crippen LogP contribution in [0.15, 0.2) is 58.1 Å². The summed E-state index contributed by atoms with van der Waals surface area (Å²) in [4.78, 5) is 25.2. The van der Waals surface area contributed by atoms with E-state index in [2.05, 4.69) is 0 Å². The minimum Gasteiger partial charge on any atom is -0.274 e. The van der Waals surface area contributed by atoms with E-state index in [-0.39, 0.29) is 11.1 Å². The number of nitrogens with zero attached hydrogens (tertiary/aromatic N) is 1. The SMILES string of the molecule is CCCn1c(=O)c2ccccc2c2ccccc2c1=O. The Morgan fingerprint density at radius 2 is 1.15 bits per heavy atom. The van der Waals surface area contributed by atoms with Crippen molar-refractivity contribution >= 4 is 21.5 Å². The fraction of sp³-hybridized carbons (Fsp3) is 0.176. The lowest BCUT2D eigenvalue weighted by molar-refractivity contribution is 0.645. The second-order valence-corrected chi connectivity index (χ2v) is 4.85. The standard InChI is InChI=1S/C17H15NO2/c1-2-11-18-16(19)14-9-5-3-7-12(14)13-8-4-6-10-15(13)17(18)20/h3-10H,2,11H2,1H3. The van der Waals surface area contributed by atoms with Crippen LogP contribution < -0.4 is 11.1 Å². The quantitative estimate of drug-likeness (QED) is 0.714. The number of hydrogen-bond donors (Lipinski definition) is 0. The van der Waals surface area contributed by atoms with Crippen molar-refractivity contribution in [1.82, 2.24) is 4.57 Å². The topological polar surface area (TPSA) is 39.1 Å². The molecule has 3 nitrogen and oxygen atoms in total. The van der Waals surface area contributed by atoms with Gasteiger partial charge in [0.15, 0.2) is 0 Å². The lowest BCUT2D eigenvalue weighted by Crippen LogP contribution is -2.29. The first-order valence-electron chi connectivity index (χ1n) is 6.78. The van der Waals surface area contributed by atoms with Crippen molar-refractivity contribution in [2.75, 3.05) is 0 Å². The highest BCUT2D eigenvalue weighted by Crippen LogP contribution is 2.19. The van der Waals surface area contributed by atoms with Crippen LogP contribution in [0.1, 0.15) is 13.3 Å². The first-order valence-corrected chi connectivity index (χ1v) is 6.78. The minimum atomic E-state index is -0.205. The van der Waals surface area contributed by atoms with Gasteiger partial charge >= 0.3 is 0 Å². The van der Waals surface area contributed by atoms with Gasteiger partial charge in [0.2, 0.25) is 0 Å². The minimum absolute atomic E-state index is 0.205. The first kappa shape index (κ1) is 12.6. The molecule has 3 rings (SSSR count). The third-order valence-electron chi connectivity index (χ3n) is 3.54. The molecule has 1 heterocycles. The van der Waals surface area contributed by atoms with Crippen molar-refractivity contribution < 1.29 is 0 Å². The molecule has 0 unspecified atom stereocenters. The second kappa shape index (κ2) is 4.93. The molecular weight excluding hydrogens is 250 g/mol. The molecule has 1 aromatic heterocycles. The Morgan fingerprint density at radius 1 is 0.750 bits per heavy atom. The van der Waals surface area contributed by atoms with E-state index in [0.29, 0.717) is 17.3 Å². The zero-order valence-corrected chi connectivity index (χ0v) is 11.3. The summed E-state index contributed by atoms with van der Waals surface area (Å²) in [6, 6.07) is 14.8. The van der Waals surface area contributed by atoms with Crippen molar-refractivity contribution in [2.45, 2.75) is 19.9 Å². The summed E-state index contributed by atoms with van der Waals surface area (Å²) in [5.74, 6) is 0. The van der Waals surface area contributed by atoms with Crippen LogP contribution in [0.3, 0.4) is 0 Å². The van der Waals surface area contributed by atoms with Gasteiger partial charge in [-0.15, -0.1) is 0 Å². The van der Waals surface area contributed by atoms with Gasteiger partial charge in [-0.25, -0.2) is 0 Å². The molecule has 0 N–H and O–H groups in total. The van der Waals surface area contributed by atoms with Crippen LogP contribution in [0, 0.1) is 0 Å². The molecule has 100 valence electrons. The monoisotopic (exact) mass is 265 g/mol. The number of benzene rings is 2. The molecule has 0 aliphatic carbocycles. The van der Waals surface area contributed by atoms with Crippen molar-refractivity contribution in [3.8, 4) is 0 Å². The average Bonchev–Trinajstić information content (AvgIpc) is 2.58. The van der Waals surface area contributed by atoms with Gasteiger partial charge in [0.1, 0.15) is 0 Å². The summed E-state index contributed by atoms with van der Waals surface area (Å²) in [6.45, 7) is 2.41. The molecule has 0 saturated heterocycles. The summed E-state index contributed by atoms with van der Waals surface area (Å²) < 4.78 is 1.35. The Morgan fingerprint density at radius 3 is 1.55 bits per heavy atom. The first-order chi connectivity index (χ1) is 9.74. The molecule has 2 aromatic carbocycles. The summed E-state index contributed by atoms with van der Waals surface area (Å²) >= 11 is 0. The van der Waals surface area contributed by atoms with E-state index in [4.69, 9.17) is 0 Å². The Kier molecular flexibility index (Phi) is 3.11. The van der Waals surface area contributed by atoms with E-state index < -0.39 is 0 Å². The normalized spacial score (nSPS) is 11.1. The highest BCUT2D eigenvalue weighted by atomic mass is 16.2. The van der Waals surface area contributed by atoms with E-state index >= 15 is 0 Å². The highest BCUT2D eigenvalue weighted by Gasteiger charge is 2.09. The number of hydrogen-bond acceptors (Lipinski definition) is 2. The fourth-order valence-corrected chi connectivity index (χ4v) is 2.62. The van der Waals surface area contributed by atoms with E-state index in [1.807, 2.05) is 43.3 Å². The maximum absolute atomic E-state index is 12.6. The molecule has 0 fully saturated rings. The molecule has 0 spiro atoms. The molecule has 0 bridgehead atoms. The summed E-state index contributed by atoms with van der Waals surface area (Å²) in [6.07, 6.45) is 0.752. The zero-order chi connectivity index (χ0) is 14.1. The number of fused-ring (bicyclic) bond motifs is 3. The van der Waals surface area contributed by atoms with Crippen LogP contribution in [-0.2, 0) is 6.54 Å². The molecular formula is C17H15NO2. The Hall–Kier alpha value is -2.42. The molecule has 3 aromatic rings. The van der Waals surface area contributed by atoms with Gasteiger partial charge in [-0.1, -0.05) is 43.3 Å². The molecule has 0 amide bonds. The van der Waals surface area contributed by atoms with Crippen molar-refractivity contribution in [1.29, 1.82) is 0 Å². The van der Waals surface area contributed by atoms with Gasteiger partial charge in [-0.2, -0.15) is 0 Å². The second-order valence-electron chi connectivity index (χ2n) is 4.85. The maximum atomic E-state index is 12.6. The fourth-order valence-electron chi connectivity index (χ4n) is 2.62. The molecule has 0 atom stereocenters. The molecule has 0 aliphatic rings. The van der Waals surface area contributed by atoms with Gasteiger partial charge in [0.25, 0.3) is 11.1 Å². The van der Waals surface area contributed by atoms with Gasteiger partial charge in [-0.05, 0) is 29.3 Å². The largest absolute Gasteiger partial charge is 0.274 e. The van der Waals surface area contributed by atoms with Gasteiger partial charge in [-0.3, -0.25) is 14.2 Å².